The molecule has 1 aromatic rings. The third kappa shape index (κ3) is 3.32. The lowest BCUT2D eigenvalue weighted by Crippen LogP contribution is -2.48. The third-order valence-corrected chi connectivity index (χ3v) is 3.61. The van der Waals surface area contributed by atoms with Crippen LogP contribution in [-0.4, -0.2) is 48.3 Å². The zero-order valence-electron chi connectivity index (χ0n) is 10.0. The molecule has 1 heterocycles. The van der Waals surface area contributed by atoms with Crippen molar-refractivity contribution in [3.05, 3.63) is 34.3 Å². The van der Waals surface area contributed by atoms with Gasteiger partial charge in [0, 0.05) is 30.7 Å². The Labute approximate surface area is 115 Å². The van der Waals surface area contributed by atoms with Crippen LogP contribution in [0.3, 0.4) is 0 Å². The second-order valence-corrected chi connectivity index (χ2v) is 5.24. The largest absolute Gasteiger partial charge is 0.342 e. The molecule has 0 atom stereocenters. The van der Waals surface area contributed by atoms with E-state index in [4.69, 9.17) is 0 Å². The molecule has 0 radical (unpaired) electrons. The summed E-state index contributed by atoms with van der Waals surface area (Å²) in [7, 11) is 0. The zero-order chi connectivity index (χ0) is 13.0. The maximum Gasteiger partial charge on any atom is 0.227 e. The number of hydrogen-bond donors (Lipinski definition) is 0. The Morgan fingerprint density at radius 3 is 2.33 bits per heavy atom. The molecule has 4 nitrogen and oxygen atoms in total. The molecular weight excluding hydrogens is 296 g/mol. The van der Waals surface area contributed by atoms with Crippen LogP contribution in [0.25, 0.3) is 0 Å². The molecule has 1 aromatic carbocycles. The van der Waals surface area contributed by atoms with Crippen molar-refractivity contribution in [3.8, 4) is 0 Å². The molecule has 1 saturated heterocycles. The highest BCUT2D eigenvalue weighted by atomic mass is 79.9. The zero-order valence-corrected chi connectivity index (χ0v) is 11.6. The summed E-state index contributed by atoms with van der Waals surface area (Å²) >= 11 is 3.37. The Bertz CT molecular complexity index is 425. The van der Waals surface area contributed by atoms with Crippen LogP contribution < -0.4 is 0 Å². The van der Waals surface area contributed by atoms with E-state index in [1.165, 1.54) is 0 Å². The minimum atomic E-state index is 0.128. The molecule has 1 aliphatic heterocycles. The Kier molecular flexibility index (Phi) is 4.36. The predicted molar refractivity (Wildman–Crippen MR) is 72.1 cm³/mol. The van der Waals surface area contributed by atoms with E-state index in [0.29, 0.717) is 32.6 Å². The first-order valence-corrected chi connectivity index (χ1v) is 6.70. The van der Waals surface area contributed by atoms with E-state index >= 15 is 0 Å². The number of halogens is 1. The van der Waals surface area contributed by atoms with Gasteiger partial charge < -0.3 is 9.80 Å². The number of carbonyl (C=O) groups is 2. The number of amides is 2. The highest BCUT2D eigenvalue weighted by Crippen LogP contribution is 2.12. The first kappa shape index (κ1) is 13.1. The summed E-state index contributed by atoms with van der Waals surface area (Å²) < 4.78 is 1.01. The summed E-state index contributed by atoms with van der Waals surface area (Å²) in [5.41, 5.74) is 1.01. The number of benzene rings is 1. The fourth-order valence-corrected chi connectivity index (χ4v) is 2.23. The van der Waals surface area contributed by atoms with Crippen molar-refractivity contribution in [3.63, 3.8) is 0 Å². The first-order valence-electron chi connectivity index (χ1n) is 5.90. The van der Waals surface area contributed by atoms with Crippen LogP contribution in [0.5, 0.6) is 0 Å². The van der Waals surface area contributed by atoms with Gasteiger partial charge in [-0.3, -0.25) is 9.59 Å². The maximum absolute atomic E-state index is 12.1. The number of rotatable bonds is 3. The molecule has 5 heteroatoms. The van der Waals surface area contributed by atoms with E-state index in [2.05, 4.69) is 15.9 Å². The summed E-state index contributed by atoms with van der Waals surface area (Å²) in [4.78, 5) is 26.2. The van der Waals surface area contributed by atoms with Gasteiger partial charge in [-0.1, -0.05) is 28.1 Å². The van der Waals surface area contributed by atoms with Crippen LogP contribution in [0.1, 0.15) is 5.56 Å². The second-order valence-electron chi connectivity index (χ2n) is 4.33. The lowest BCUT2D eigenvalue weighted by atomic mass is 10.1. The molecule has 2 rings (SSSR count). The third-order valence-electron chi connectivity index (χ3n) is 3.08. The molecule has 0 bridgehead atoms. The molecule has 0 aliphatic carbocycles. The van der Waals surface area contributed by atoms with Crippen molar-refractivity contribution in [2.24, 2.45) is 0 Å². The summed E-state index contributed by atoms with van der Waals surface area (Å²) in [6, 6.07) is 7.77. The fourth-order valence-electron chi connectivity index (χ4n) is 1.97. The van der Waals surface area contributed by atoms with Crippen LogP contribution in [0.4, 0.5) is 0 Å². The van der Waals surface area contributed by atoms with Crippen molar-refractivity contribution < 1.29 is 9.59 Å². The van der Waals surface area contributed by atoms with Crippen molar-refractivity contribution >= 4 is 28.2 Å². The average molecular weight is 311 g/mol. The van der Waals surface area contributed by atoms with Gasteiger partial charge in [0.2, 0.25) is 12.3 Å². The van der Waals surface area contributed by atoms with Crippen molar-refractivity contribution in [2.45, 2.75) is 6.42 Å². The highest BCUT2D eigenvalue weighted by Gasteiger charge is 2.19. The summed E-state index contributed by atoms with van der Waals surface area (Å²) in [5.74, 6) is 0.128. The minimum absolute atomic E-state index is 0.128. The van der Waals surface area contributed by atoms with Gasteiger partial charge in [0.05, 0.1) is 6.42 Å². The molecule has 0 spiro atoms. The fraction of sp³-hybridized carbons (Fsp3) is 0.385. The Morgan fingerprint density at radius 2 is 1.78 bits per heavy atom. The molecule has 18 heavy (non-hydrogen) atoms. The predicted octanol–water partition coefficient (Wildman–Crippen LogP) is 1.29. The van der Waals surface area contributed by atoms with Gasteiger partial charge in [-0.15, -0.1) is 0 Å². The molecule has 2 amide bonds. The molecule has 1 aliphatic rings. The number of hydrogen-bond acceptors (Lipinski definition) is 2. The van der Waals surface area contributed by atoms with Gasteiger partial charge in [0.25, 0.3) is 0 Å². The summed E-state index contributed by atoms with van der Waals surface area (Å²) in [6.07, 6.45) is 1.27. The van der Waals surface area contributed by atoms with Crippen molar-refractivity contribution in [2.75, 3.05) is 26.2 Å². The van der Waals surface area contributed by atoms with Crippen LogP contribution in [0, 0.1) is 0 Å². The number of carbonyl (C=O) groups excluding carboxylic acids is 2. The average Bonchev–Trinajstić information content (AvgIpc) is 2.41. The lowest BCUT2D eigenvalue weighted by molar-refractivity contribution is -0.134. The molecule has 0 N–H and O–H groups in total. The SMILES string of the molecule is O=CN1CCN(C(=O)Cc2ccc(Br)cc2)CC1. The van der Waals surface area contributed by atoms with Crippen molar-refractivity contribution in [1.29, 1.82) is 0 Å². The van der Waals surface area contributed by atoms with E-state index in [0.717, 1.165) is 16.4 Å². The highest BCUT2D eigenvalue weighted by molar-refractivity contribution is 9.10. The number of nitrogens with zero attached hydrogens (tertiary/aromatic N) is 2. The van der Waals surface area contributed by atoms with Crippen molar-refractivity contribution in [1.82, 2.24) is 9.80 Å². The molecule has 0 unspecified atom stereocenters. The van der Waals surface area contributed by atoms with Gasteiger partial charge in [-0.05, 0) is 17.7 Å². The molecule has 0 aromatic heterocycles. The van der Waals surface area contributed by atoms with Gasteiger partial charge in [0.15, 0.2) is 0 Å². The smallest absolute Gasteiger partial charge is 0.227 e. The summed E-state index contributed by atoms with van der Waals surface area (Å²) in [5, 5.41) is 0. The normalized spacial score (nSPS) is 15.6. The van der Waals surface area contributed by atoms with E-state index < -0.39 is 0 Å². The molecular formula is C13H15BrN2O2. The standard InChI is InChI=1S/C13H15BrN2O2/c14-12-3-1-11(2-4-12)9-13(18)16-7-5-15(10-17)6-8-16/h1-4,10H,5-9H2. The first-order chi connectivity index (χ1) is 8.69. The minimum Gasteiger partial charge on any atom is -0.342 e. The quantitative estimate of drug-likeness (QED) is 0.789. The Balaban J connectivity index is 1.88. The molecule has 1 fully saturated rings. The van der Waals surface area contributed by atoms with Crippen LogP contribution in [0.15, 0.2) is 28.7 Å². The Hall–Kier alpha value is -1.36. The van der Waals surface area contributed by atoms with Gasteiger partial charge >= 0.3 is 0 Å². The lowest BCUT2D eigenvalue weighted by Gasteiger charge is -2.32. The summed E-state index contributed by atoms with van der Waals surface area (Å²) in [6.45, 7) is 2.54. The van der Waals surface area contributed by atoms with E-state index in [9.17, 15) is 9.59 Å². The van der Waals surface area contributed by atoms with Gasteiger partial charge in [0.1, 0.15) is 0 Å². The van der Waals surface area contributed by atoms with Crippen LogP contribution in [-0.2, 0) is 16.0 Å². The maximum atomic E-state index is 12.1. The van der Waals surface area contributed by atoms with E-state index in [-0.39, 0.29) is 5.91 Å². The second kappa shape index (κ2) is 6.00. The van der Waals surface area contributed by atoms with Gasteiger partial charge in [-0.25, -0.2) is 0 Å². The molecule has 0 saturated carbocycles. The number of piperazine rings is 1. The van der Waals surface area contributed by atoms with Crippen LogP contribution >= 0.6 is 15.9 Å². The topological polar surface area (TPSA) is 40.6 Å². The monoisotopic (exact) mass is 310 g/mol. The van der Waals surface area contributed by atoms with E-state index in [1.807, 2.05) is 29.2 Å². The molecule has 96 valence electrons. The van der Waals surface area contributed by atoms with E-state index in [1.54, 1.807) is 4.90 Å². The van der Waals surface area contributed by atoms with Gasteiger partial charge in [-0.2, -0.15) is 0 Å². The van der Waals surface area contributed by atoms with Crippen LogP contribution in [0.2, 0.25) is 0 Å². The Morgan fingerprint density at radius 1 is 1.17 bits per heavy atom.